The summed E-state index contributed by atoms with van der Waals surface area (Å²) >= 11 is 4.49. The Morgan fingerprint density at radius 1 is 0.660 bits per heavy atom. The molecule has 50 heavy (non-hydrogen) atoms. The lowest BCUT2D eigenvalue weighted by atomic mass is 10.1. The van der Waals surface area contributed by atoms with Crippen LogP contribution in [0.25, 0.3) is 0 Å². The van der Waals surface area contributed by atoms with Gasteiger partial charge in [-0.25, -0.2) is 8.78 Å². The van der Waals surface area contributed by atoms with Crippen LogP contribution in [0.3, 0.4) is 0 Å². The molecule has 4 aromatic carbocycles. The lowest BCUT2D eigenvalue weighted by molar-refractivity contribution is 0.0943. The molecule has 0 fully saturated rings. The van der Waals surface area contributed by atoms with Crippen LogP contribution in [-0.2, 0) is 0 Å². The summed E-state index contributed by atoms with van der Waals surface area (Å²) in [5.41, 5.74) is 5.56. The van der Waals surface area contributed by atoms with Crippen LogP contribution in [0.15, 0.2) is 72.8 Å². The van der Waals surface area contributed by atoms with Crippen molar-refractivity contribution in [1.29, 1.82) is 0 Å². The molecule has 4 rings (SSSR count). The van der Waals surface area contributed by atoms with Crippen molar-refractivity contribution in [2.75, 3.05) is 50.0 Å². The van der Waals surface area contributed by atoms with Crippen molar-refractivity contribution in [2.24, 2.45) is 0 Å². The van der Waals surface area contributed by atoms with Crippen LogP contribution >= 0.6 is 45.2 Å². The predicted molar refractivity (Wildman–Crippen MR) is 216 cm³/mol. The Balaban J connectivity index is 0.000000274. The first-order valence-corrected chi connectivity index (χ1v) is 18.7. The minimum atomic E-state index is -0.470. The van der Waals surface area contributed by atoms with Gasteiger partial charge in [-0.1, -0.05) is 13.8 Å². The summed E-state index contributed by atoms with van der Waals surface area (Å²) < 4.78 is 29.5. The number of halogens is 4. The molecule has 0 aliphatic heterocycles. The average molecular weight is 912 g/mol. The minimum Gasteiger partial charge on any atom is -0.396 e. The molecule has 4 aromatic rings. The SMILES string of the molecule is CCN(CC)CCCNC(=O)c1cc(F)ccc1Nc1ccc(I)cc1C.Cc1cc(I)ccc1Nc1ccc(F)cc1C(=O)NCCCO. The average Bonchev–Trinajstić information content (AvgIpc) is 3.09. The Kier molecular flexibility index (Phi) is 17.4. The summed E-state index contributed by atoms with van der Waals surface area (Å²) in [7, 11) is 0. The third kappa shape index (κ3) is 13.1. The molecule has 0 saturated carbocycles. The fourth-order valence-corrected chi connectivity index (χ4v) is 6.26. The fourth-order valence-electron chi connectivity index (χ4n) is 4.97. The number of carbonyl (C=O) groups excluding carboxylic acids is 2. The summed E-state index contributed by atoms with van der Waals surface area (Å²) in [6.07, 6.45) is 1.32. The highest BCUT2D eigenvalue weighted by Crippen LogP contribution is 2.27. The van der Waals surface area contributed by atoms with Gasteiger partial charge in [0.05, 0.1) is 22.5 Å². The maximum absolute atomic E-state index is 13.7. The molecule has 5 N–H and O–H groups in total. The summed E-state index contributed by atoms with van der Waals surface area (Å²) in [4.78, 5) is 27.1. The molecule has 0 aliphatic carbocycles. The number of nitrogens with one attached hydrogen (secondary N) is 4. The smallest absolute Gasteiger partial charge is 0.253 e. The number of rotatable bonds is 15. The van der Waals surface area contributed by atoms with Crippen molar-refractivity contribution >= 4 is 79.7 Å². The van der Waals surface area contributed by atoms with E-state index >= 15 is 0 Å². The molecule has 0 unspecified atom stereocenters. The molecule has 0 aromatic heterocycles. The quantitative estimate of drug-likeness (QED) is 0.0606. The lowest BCUT2D eigenvalue weighted by Gasteiger charge is -2.18. The van der Waals surface area contributed by atoms with Crippen LogP contribution in [-0.4, -0.2) is 61.2 Å². The van der Waals surface area contributed by atoms with Gasteiger partial charge in [-0.2, -0.15) is 0 Å². The number of carbonyl (C=O) groups is 2. The third-order valence-electron chi connectivity index (χ3n) is 7.82. The number of amides is 2. The van der Waals surface area contributed by atoms with E-state index in [2.05, 4.69) is 91.3 Å². The molecular formula is C38H45F2I2N5O3. The number of hydrogen-bond donors (Lipinski definition) is 5. The van der Waals surface area contributed by atoms with E-state index in [1.54, 1.807) is 12.1 Å². The van der Waals surface area contributed by atoms with Gasteiger partial charge in [-0.3, -0.25) is 9.59 Å². The molecule has 0 bridgehead atoms. The normalized spacial score (nSPS) is 10.7. The van der Waals surface area contributed by atoms with E-state index in [0.29, 0.717) is 36.4 Å². The second kappa shape index (κ2) is 21.1. The van der Waals surface area contributed by atoms with E-state index in [-0.39, 0.29) is 24.0 Å². The second-order valence-electron chi connectivity index (χ2n) is 11.5. The molecule has 0 radical (unpaired) electrons. The largest absolute Gasteiger partial charge is 0.396 e. The van der Waals surface area contributed by atoms with Crippen molar-refractivity contribution in [3.63, 3.8) is 0 Å². The monoisotopic (exact) mass is 911 g/mol. The van der Waals surface area contributed by atoms with Crippen LogP contribution in [0.4, 0.5) is 31.5 Å². The number of aliphatic hydroxyl groups excluding tert-OH is 1. The number of nitrogens with zero attached hydrogens (tertiary/aromatic N) is 1. The Bertz CT molecular complexity index is 1740. The molecule has 0 heterocycles. The zero-order valence-corrected chi connectivity index (χ0v) is 33.1. The van der Waals surface area contributed by atoms with Crippen LogP contribution in [0.5, 0.6) is 0 Å². The van der Waals surface area contributed by atoms with Crippen molar-refractivity contribution in [1.82, 2.24) is 15.5 Å². The van der Waals surface area contributed by atoms with Crippen molar-refractivity contribution in [2.45, 2.75) is 40.5 Å². The van der Waals surface area contributed by atoms with Crippen LogP contribution in [0, 0.1) is 32.6 Å². The van der Waals surface area contributed by atoms with E-state index in [1.807, 2.05) is 44.2 Å². The van der Waals surface area contributed by atoms with Gasteiger partial charge >= 0.3 is 0 Å². The van der Waals surface area contributed by atoms with Crippen LogP contribution in [0.2, 0.25) is 0 Å². The summed E-state index contributed by atoms with van der Waals surface area (Å²) in [5, 5.41) is 20.8. The highest BCUT2D eigenvalue weighted by molar-refractivity contribution is 14.1. The van der Waals surface area contributed by atoms with Crippen molar-refractivity contribution in [3.8, 4) is 0 Å². The Morgan fingerprint density at radius 2 is 1.08 bits per heavy atom. The molecule has 268 valence electrons. The van der Waals surface area contributed by atoms with Gasteiger partial charge in [0.1, 0.15) is 11.6 Å². The molecule has 0 aliphatic rings. The maximum Gasteiger partial charge on any atom is 0.253 e. The van der Waals surface area contributed by atoms with Crippen molar-refractivity contribution in [3.05, 3.63) is 114 Å². The topological polar surface area (TPSA) is 106 Å². The molecule has 8 nitrogen and oxygen atoms in total. The van der Waals surface area contributed by atoms with E-state index < -0.39 is 11.6 Å². The third-order valence-corrected chi connectivity index (χ3v) is 9.16. The number of hydrogen-bond acceptors (Lipinski definition) is 6. The fraction of sp³-hybridized carbons (Fsp3) is 0.316. The highest BCUT2D eigenvalue weighted by atomic mass is 127. The standard InChI is InChI=1S/C21H27FIN3O.C17H18FIN2O2/c1-4-26(5-2)12-6-11-24-21(27)18-14-16(22)7-9-20(18)25-19-10-8-17(23)13-15(19)3;1-11-9-13(19)4-6-15(11)21-16-5-3-12(18)10-14(16)17(23)20-7-2-8-22/h7-10,13-14,25H,4-6,11-12H2,1-3H3,(H,24,27);3-6,9-10,21-22H,2,7-8H2,1H3,(H,20,23). The Hall–Kier alpha value is -3.34. The second-order valence-corrected chi connectivity index (χ2v) is 14.0. The summed E-state index contributed by atoms with van der Waals surface area (Å²) in [5.74, 6) is -1.53. The van der Waals surface area contributed by atoms with Gasteiger partial charge in [0.25, 0.3) is 11.8 Å². The van der Waals surface area contributed by atoms with Gasteiger partial charge in [0.15, 0.2) is 0 Å². The lowest BCUT2D eigenvalue weighted by Crippen LogP contribution is -2.30. The molecule has 0 atom stereocenters. The number of aliphatic hydroxyl groups is 1. The predicted octanol–water partition coefficient (Wildman–Crippen LogP) is 8.54. The van der Waals surface area contributed by atoms with Gasteiger partial charge in [0, 0.05) is 38.2 Å². The van der Waals surface area contributed by atoms with Gasteiger partial charge in [-0.15, -0.1) is 0 Å². The first-order chi connectivity index (χ1) is 23.9. The van der Waals surface area contributed by atoms with E-state index in [9.17, 15) is 18.4 Å². The number of aryl methyl sites for hydroxylation is 2. The van der Waals surface area contributed by atoms with Crippen LogP contribution < -0.4 is 21.3 Å². The van der Waals surface area contributed by atoms with Gasteiger partial charge in [-0.05, 0) is 175 Å². The molecular weight excluding hydrogens is 866 g/mol. The number of anilines is 4. The molecule has 0 spiro atoms. The first kappa shape index (κ1) is 41.1. The Labute approximate surface area is 321 Å². The van der Waals surface area contributed by atoms with E-state index in [0.717, 1.165) is 55.7 Å². The zero-order valence-electron chi connectivity index (χ0n) is 28.8. The van der Waals surface area contributed by atoms with Gasteiger partial charge in [0.2, 0.25) is 0 Å². The van der Waals surface area contributed by atoms with Crippen LogP contribution in [0.1, 0.15) is 58.5 Å². The summed E-state index contributed by atoms with van der Waals surface area (Å²) in [6.45, 7) is 12.0. The maximum atomic E-state index is 13.7. The molecule has 0 saturated heterocycles. The molecule has 2 amide bonds. The van der Waals surface area contributed by atoms with Gasteiger partial charge < -0.3 is 31.3 Å². The van der Waals surface area contributed by atoms with E-state index in [1.165, 1.54) is 24.3 Å². The minimum absolute atomic E-state index is 0.00359. The summed E-state index contributed by atoms with van der Waals surface area (Å²) in [6, 6.07) is 20.2. The molecule has 12 heteroatoms. The Morgan fingerprint density at radius 3 is 1.48 bits per heavy atom. The highest BCUT2D eigenvalue weighted by Gasteiger charge is 2.15. The van der Waals surface area contributed by atoms with E-state index in [4.69, 9.17) is 5.11 Å². The first-order valence-electron chi connectivity index (χ1n) is 16.5. The van der Waals surface area contributed by atoms with Crippen molar-refractivity contribution < 1.29 is 23.5 Å². The number of benzene rings is 4. The zero-order chi connectivity index (χ0) is 36.6.